The van der Waals surface area contributed by atoms with Crippen LogP contribution in [0.5, 0.6) is 0 Å². The van der Waals surface area contributed by atoms with Gasteiger partial charge >= 0.3 is 0 Å². The predicted molar refractivity (Wildman–Crippen MR) is 132 cm³/mol. The van der Waals surface area contributed by atoms with Gasteiger partial charge in [-0.05, 0) is 48.9 Å². The zero-order valence-electron chi connectivity index (χ0n) is 22.5. The van der Waals surface area contributed by atoms with E-state index in [0.29, 0.717) is 19.3 Å². The molecule has 36 heavy (non-hydrogen) atoms. The molecule has 7 heteroatoms. The lowest BCUT2D eigenvalue weighted by molar-refractivity contribution is -0.153. The molecule has 0 aromatic heterocycles. The Bertz CT molecular complexity index is 917. The van der Waals surface area contributed by atoms with Crippen LogP contribution in [0.25, 0.3) is 0 Å². The van der Waals surface area contributed by atoms with E-state index in [1.807, 2.05) is 20.8 Å². The van der Waals surface area contributed by atoms with E-state index in [1.54, 1.807) is 20.8 Å². The highest BCUT2D eigenvalue weighted by atomic mass is 16.2. The summed E-state index contributed by atoms with van der Waals surface area (Å²) in [6.07, 6.45) is 2.25. The molecule has 198 valence electrons. The number of carbonyl (C=O) groups excluding carboxylic acids is 7. The van der Waals surface area contributed by atoms with Crippen molar-refractivity contribution in [1.82, 2.24) is 0 Å². The van der Waals surface area contributed by atoms with E-state index < -0.39 is 28.1 Å². The maximum absolute atomic E-state index is 12.9. The van der Waals surface area contributed by atoms with Gasteiger partial charge in [0.1, 0.15) is 17.6 Å². The summed E-state index contributed by atoms with van der Waals surface area (Å²) in [6, 6.07) is 0. The first kappa shape index (κ1) is 28.3. The van der Waals surface area contributed by atoms with Gasteiger partial charge in [0.2, 0.25) is 0 Å². The molecule has 0 aromatic rings. The van der Waals surface area contributed by atoms with Gasteiger partial charge in [-0.2, -0.15) is 0 Å². The van der Waals surface area contributed by atoms with Crippen LogP contribution in [0.3, 0.4) is 0 Å². The van der Waals surface area contributed by atoms with E-state index in [-0.39, 0.29) is 90.8 Å². The Balaban J connectivity index is 1.95. The Hall–Kier alpha value is -2.31. The fourth-order valence-electron chi connectivity index (χ4n) is 7.78. The minimum atomic E-state index is -1.18. The zero-order chi connectivity index (χ0) is 27.2. The molecule has 0 N–H and O–H groups in total. The summed E-state index contributed by atoms with van der Waals surface area (Å²) in [5.41, 5.74) is -1.88. The molecule has 0 aromatic carbocycles. The molecule has 0 bridgehead atoms. The number of rotatable bonds is 7. The van der Waals surface area contributed by atoms with Crippen LogP contribution in [-0.2, 0) is 33.6 Å². The fourth-order valence-corrected chi connectivity index (χ4v) is 7.78. The van der Waals surface area contributed by atoms with Gasteiger partial charge in [0.05, 0.1) is 0 Å². The third-order valence-electron chi connectivity index (χ3n) is 9.64. The summed E-state index contributed by atoms with van der Waals surface area (Å²) < 4.78 is 0. The molecule has 0 heterocycles. The molecule has 3 aliphatic carbocycles. The maximum atomic E-state index is 12.9. The fraction of sp³-hybridized carbons (Fsp3) is 0.759. The SMILES string of the molecule is CCC(=O)C1C(=O)CC(C2(C)CC(C)(C(C)=O)CC(C)(C3CC(=O)C(C(=O)CC)C(=O)C3)C2)CC1=O. The van der Waals surface area contributed by atoms with Gasteiger partial charge in [0.25, 0.3) is 0 Å². The van der Waals surface area contributed by atoms with Crippen LogP contribution in [0.15, 0.2) is 0 Å². The van der Waals surface area contributed by atoms with Crippen LogP contribution in [0, 0.1) is 39.9 Å². The largest absolute Gasteiger partial charge is 0.299 e. The summed E-state index contributed by atoms with van der Waals surface area (Å²) in [6.45, 7) is 10.8. The summed E-state index contributed by atoms with van der Waals surface area (Å²) in [5, 5.41) is 0. The average Bonchev–Trinajstić information content (AvgIpc) is 2.76. The van der Waals surface area contributed by atoms with Gasteiger partial charge < -0.3 is 0 Å². The Morgan fingerprint density at radius 2 is 0.944 bits per heavy atom. The second kappa shape index (κ2) is 9.86. The number of ketones is 7. The topological polar surface area (TPSA) is 119 Å². The number of Topliss-reactive ketones (excluding diaryl/α,β-unsaturated/α-hetero) is 7. The van der Waals surface area contributed by atoms with Crippen molar-refractivity contribution in [3.8, 4) is 0 Å². The molecule has 7 nitrogen and oxygen atoms in total. The third kappa shape index (κ3) is 4.95. The van der Waals surface area contributed by atoms with Gasteiger partial charge in [-0.1, -0.05) is 34.6 Å². The summed E-state index contributed by atoms with van der Waals surface area (Å²) in [7, 11) is 0. The second-order valence-electron chi connectivity index (χ2n) is 12.5. The molecule has 3 aliphatic rings. The lowest BCUT2D eigenvalue weighted by Crippen LogP contribution is -2.54. The number of hydrogen-bond acceptors (Lipinski definition) is 7. The van der Waals surface area contributed by atoms with Gasteiger partial charge in [-0.15, -0.1) is 0 Å². The van der Waals surface area contributed by atoms with E-state index in [4.69, 9.17) is 0 Å². The molecular weight excluding hydrogens is 460 g/mol. The first-order valence-electron chi connectivity index (χ1n) is 13.3. The minimum absolute atomic E-state index is 0.000324. The lowest BCUT2D eigenvalue weighted by atomic mass is 9.45. The maximum Gasteiger partial charge on any atom is 0.151 e. The van der Waals surface area contributed by atoms with Crippen LogP contribution in [-0.4, -0.2) is 40.5 Å². The molecule has 3 saturated carbocycles. The zero-order valence-corrected chi connectivity index (χ0v) is 22.5. The Labute approximate surface area is 213 Å². The highest BCUT2D eigenvalue weighted by Crippen LogP contribution is 2.62. The van der Waals surface area contributed by atoms with Crippen molar-refractivity contribution in [2.45, 2.75) is 99.3 Å². The molecular formula is C29H40O7. The van der Waals surface area contributed by atoms with Crippen LogP contribution in [0.4, 0.5) is 0 Å². The molecule has 0 saturated heterocycles. The van der Waals surface area contributed by atoms with Gasteiger partial charge in [0.15, 0.2) is 34.7 Å². The number of hydrogen-bond donors (Lipinski definition) is 0. The van der Waals surface area contributed by atoms with E-state index >= 15 is 0 Å². The number of carbonyl (C=O) groups is 7. The molecule has 0 radical (unpaired) electrons. The molecule has 0 spiro atoms. The molecule has 0 amide bonds. The first-order valence-corrected chi connectivity index (χ1v) is 13.3. The van der Waals surface area contributed by atoms with E-state index in [0.717, 1.165) is 0 Å². The minimum Gasteiger partial charge on any atom is -0.299 e. The van der Waals surface area contributed by atoms with Crippen LogP contribution in [0.1, 0.15) is 99.3 Å². The molecule has 3 rings (SSSR count). The van der Waals surface area contributed by atoms with Crippen molar-refractivity contribution in [3.05, 3.63) is 0 Å². The lowest BCUT2D eigenvalue weighted by Gasteiger charge is -2.58. The second-order valence-corrected chi connectivity index (χ2v) is 12.5. The molecule has 0 aliphatic heterocycles. The van der Waals surface area contributed by atoms with Crippen molar-refractivity contribution in [2.75, 3.05) is 0 Å². The van der Waals surface area contributed by atoms with E-state index in [2.05, 4.69) is 0 Å². The van der Waals surface area contributed by atoms with Crippen molar-refractivity contribution < 1.29 is 33.6 Å². The van der Waals surface area contributed by atoms with E-state index in [9.17, 15) is 33.6 Å². The van der Waals surface area contributed by atoms with Crippen LogP contribution in [0.2, 0.25) is 0 Å². The van der Waals surface area contributed by atoms with Crippen LogP contribution < -0.4 is 0 Å². The van der Waals surface area contributed by atoms with E-state index in [1.165, 1.54) is 0 Å². The Morgan fingerprint density at radius 3 is 1.19 bits per heavy atom. The highest BCUT2D eigenvalue weighted by Gasteiger charge is 2.58. The summed E-state index contributed by atoms with van der Waals surface area (Å²) in [5.74, 6) is -5.04. The summed E-state index contributed by atoms with van der Waals surface area (Å²) in [4.78, 5) is 89.2. The van der Waals surface area contributed by atoms with Gasteiger partial charge in [0, 0.05) is 43.9 Å². The first-order chi connectivity index (χ1) is 16.6. The average molecular weight is 501 g/mol. The molecule has 2 unspecified atom stereocenters. The quantitative estimate of drug-likeness (QED) is 0.483. The van der Waals surface area contributed by atoms with Crippen molar-refractivity contribution in [2.24, 2.45) is 39.9 Å². The predicted octanol–water partition coefficient (Wildman–Crippen LogP) is 4.07. The molecule has 2 atom stereocenters. The van der Waals surface area contributed by atoms with Gasteiger partial charge in [-0.25, -0.2) is 0 Å². The van der Waals surface area contributed by atoms with Crippen LogP contribution >= 0.6 is 0 Å². The highest BCUT2D eigenvalue weighted by molar-refractivity contribution is 6.21. The smallest absolute Gasteiger partial charge is 0.151 e. The Kier molecular flexibility index (Phi) is 7.74. The van der Waals surface area contributed by atoms with Crippen molar-refractivity contribution in [1.29, 1.82) is 0 Å². The Morgan fingerprint density at radius 1 is 0.639 bits per heavy atom. The van der Waals surface area contributed by atoms with Crippen molar-refractivity contribution in [3.63, 3.8) is 0 Å². The molecule has 3 fully saturated rings. The van der Waals surface area contributed by atoms with Crippen molar-refractivity contribution >= 4 is 40.5 Å². The monoisotopic (exact) mass is 500 g/mol. The third-order valence-corrected chi connectivity index (χ3v) is 9.64. The summed E-state index contributed by atoms with van der Waals surface area (Å²) >= 11 is 0. The standard InChI is InChI=1S/C29H40O7/c1-7-19(31)25-21(33)9-17(10-22(25)34)28(5)13-27(4,16(3)30)14-29(6,15-28)18-11-23(35)26(20(32)8-2)24(36)12-18/h17-18,25-26H,7-15H2,1-6H3. The van der Waals surface area contributed by atoms with Gasteiger partial charge in [-0.3, -0.25) is 33.6 Å². The normalized spacial score (nSPS) is 39.7.